The molecule has 0 bridgehead atoms. The molecule has 0 radical (unpaired) electrons. The standard InChI is InChI=1S/C14H28N4S.HI/c1-15-14(17-13-6-4-8-19-11-13)16-9-12-5-3-7-18(2)10-12;/h12-13H,3-11H2,1-2H3,(H2,15,16,17);1H. The maximum Gasteiger partial charge on any atom is 0.191 e. The molecule has 0 aromatic rings. The fourth-order valence-electron chi connectivity index (χ4n) is 2.92. The summed E-state index contributed by atoms with van der Waals surface area (Å²) in [6, 6.07) is 0.596. The lowest BCUT2D eigenvalue weighted by atomic mass is 9.98. The van der Waals surface area contributed by atoms with Crippen LogP contribution in [0.5, 0.6) is 0 Å². The van der Waals surface area contributed by atoms with Gasteiger partial charge in [-0.2, -0.15) is 11.8 Å². The molecule has 0 saturated carbocycles. The summed E-state index contributed by atoms with van der Waals surface area (Å²) in [4.78, 5) is 6.79. The van der Waals surface area contributed by atoms with Gasteiger partial charge >= 0.3 is 0 Å². The Bertz CT molecular complexity index is 295. The number of guanidine groups is 1. The summed E-state index contributed by atoms with van der Waals surface area (Å²) in [7, 11) is 4.09. The van der Waals surface area contributed by atoms with Crippen LogP contribution < -0.4 is 10.6 Å². The predicted octanol–water partition coefficient (Wildman–Crippen LogP) is 2.01. The minimum atomic E-state index is 0. The first-order valence-corrected chi connectivity index (χ1v) is 8.67. The van der Waals surface area contributed by atoms with E-state index < -0.39 is 0 Å². The van der Waals surface area contributed by atoms with E-state index in [1.165, 1.54) is 50.3 Å². The highest BCUT2D eigenvalue weighted by atomic mass is 127. The molecule has 2 aliphatic rings. The number of thioether (sulfide) groups is 1. The fraction of sp³-hybridized carbons (Fsp3) is 0.929. The van der Waals surface area contributed by atoms with Crippen molar-refractivity contribution in [3.63, 3.8) is 0 Å². The smallest absolute Gasteiger partial charge is 0.191 e. The Labute approximate surface area is 144 Å². The van der Waals surface area contributed by atoms with Gasteiger partial charge in [0, 0.05) is 31.9 Å². The van der Waals surface area contributed by atoms with E-state index in [9.17, 15) is 0 Å². The molecule has 2 unspecified atom stereocenters. The van der Waals surface area contributed by atoms with Gasteiger partial charge in [0.1, 0.15) is 0 Å². The van der Waals surface area contributed by atoms with Crippen molar-refractivity contribution >= 4 is 41.7 Å². The van der Waals surface area contributed by atoms with Crippen LogP contribution in [-0.2, 0) is 0 Å². The van der Waals surface area contributed by atoms with Crippen LogP contribution >= 0.6 is 35.7 Å². The normalized spacial score (nSPS) is 28.6. The van der Waals surface area contributed by atoms with Gasteiger partial charge in [-0.05, 0) is 50.9 Å². The Balaban J connectivity index is 0.00000200. The van der Waals surface area contributed by atoms with E-state index >= 15 is 0 Å². The minimum absolute atomic E-state index is 0. The van der Waals surface area contributed by atoms with E-state index in [4.69, 9.17) is 0 Å². The summed E-state index contributed by atoms with van der Waals surface area (Å²) >= 11 is 2.05. The second kappa shape index (κ2) is 10.1. The van der Waals surface area contributed by atoms with Crippen molar-refractivity contribution in [1.82, 2.24) is 15.5 Å². The highest BCUT2D eigenvalue weighted by molar-refractivity contribution is 14.0. The van der Waals surface area contributed by atoms with E-state index in [1.807, 2.05) is 18.8 Å². The van der Waals surface area contributed by atoms with Crippen LogP contribution in [-0.4, -0.2) is 62.1 Å². The second-order valence-corrected chi connectivity index (χ2v) is 6.93. The molecule has 2 aliphatic heterocycles. The molecule has 0 amide bonds. The summed E-state index contributed by atoms with van der Waals surface area (Å²) in [5, 5.41) is 7.07. The van der Waals surface area contributed by atoms with E-state index in [1.54, 1.807) is 0 Å². The van der Waals surface area contributed by atoms with Crippen LogP contribution in [0.3, 0.4) is 0 Å². The number of nitrogens with zero attached hydrogens (tertiary/aromatic N) is 2. The van der Waals surface area contributed by atoms with Gasteiger partial charge in [0.2, 0.25) is 0 Å². The average molecular weight is 412 g/mol. The number of hydrogen-bond donors (Lipinski definition) is 2. The van der Waals surface area contributed by atoms with Crippen molar-refractivity contribution < 1.29 is 0 Å². The highest BCUT2D eigenvalue weighted by Crippen LogP contribution is 2.17. The topological polar surface area (TPSA) is 39.7 Å². The van der Waals surface area contributed by atoms with E-state index in [0.29, 0.717) is 6.04 Å². The third-order valence-corrected chi connectivity index (χ3v) is 5.22. The summed E-state index contributed by atoms with van der Waals surface area (Å²) in [6.07, 6.45) is 5.27. The Hall–Kier alpha value is 0.310. The molecule has 6 heteroatoms. The quantitative estimate of drug-likeness (QED) is 0.423. The number of halogens is 1. The summed E-state index contributed by atoms with van der Waals surface area (Å²) < 4.78 is 0. The Morgan fingerprint density at radius 1 is 1.35 bits per heavy atom. The highest BCUT2D eigenvalue weighted by Gasteiger charge is 2.18. The van der Waals surface area contributed by atoms with Crippen molar-refractivity contribution in [3.05, 3.63) is 0 Å². The molecule has 2 N–H and O–H groups in total. The molecule has 20 heavy (non-hydrogen) atoms. The van der Waals surface area contributed by atoms with Crippen LogP contribution in [0.4, 0.5) is 0 Å². The van der Waals surface area contributed by atoms with Crippen molar-refractivity contribution in [2.75, 3.05) is 45.2 Å². The first-order valence-electron chi connectivity index (χ1n) is 7.51. The number of hydrogen-bond acceptors (Lipinski definition) is 3. The lowest BCUT2D eigenvalue weighted by molar-refractivity contribution is 0.210. The van der Waals surface area contributed by atoms with Crippen molar-refractivity contribution in [3.8, 4) is 0 Å². The van der Waals surface area contributed by atoms with Gasteiger partial charge in [0.15, 0.2) is 5.96 Å². The average Bonchev–Trinajstić information content (AvgIpc) is 2.44. The zero-order chi connectivity index (χ0) is 13.5. The number of aliphatic imine (C=N–C) groups is 1. The lowest BCUT2D eigenvalue weighted by Crippen LogP contribution is -2.48. The summed E-state index contributed by atoms with van der Waals surface area (Å²) in [6.45, 7) is 3.51. The van der Waals surface area contributed by atoms with Gasteiger partial charge in [0.05, 0.1) is 0 Å². The second-order valence-electron chi connectivity index (χ2n) is 5.78. The Morgan fingerprint density at radius 3 is 2.85 bits per heavy atom. The first-order chi connectivity index (χ1) is 9.28. The molecular formula is C14H29IN4S. The number of likely N-dealkylation sites (tertiary alicyclic amines) is 1. The van der Waals surface area contributed by atoms with Gasteiger partial charge in [-0.3, -0.25) is 4.99 Å². The molecule has 0 aromatic carbocycles. The molecule has 2 heterocycles. The molecule has 2 fully saturated rings. The molecule has 2 saturated heterocycles. The van der Waals surface area contributed by atoms with Crippen LogP contribution in [0.1, 0.15) is 25.7 Å². The van der Waals surface area contributed by atoms with Crippen LogP contribution in [0.25, 0.3) is 0 Å². The van der Waals surface area contributed by atoms with Gasteiger partial charge in [-0.25, -0.2) is 0 Å². The van der Waals surface area contributed by atoms with Gasteiger partial charge in [0.25, 0.3) is 0 Å². The SMILES string of the molecule is CN=C(NCC1CCCN(C)C1)NC1CCCSC1.I. The molecule has 0 aliphatic carbocycles. The van der Waals surface area contributed by atoms with E-state index in [-0.39, 0.29) is 24.0 Å². The Kier molecular flexibility index (Phi) is 9.28. The van der Waals surface area contributed by atoms with Crippen LogP contribution in [0, 0.1) is 5.92 Å². The van der Waals surface area contributed by atoms with Gasteiger partial charge in [-0.15, -0.1) is 24.0 Å². The molecule has 2 rings (SSSR count). The third kappa shape index (κ3) is 6.39. The van der Waals surface area contributed by atoms with E-state index in [2.05, 4.69) is 27.6 Å². The summed E-state index contributed by atoms with van der Waals surface area (Å²) in [5.41, 5.74) is 0. The van der Waals surface area contributed by atoms with Crippen molar-refractivity contribution in [2.24, 2.45) is 10.9 Å². The summed E-state index contributed by atoms with van der Waals surface area (Å²) in [5.74, 6) is 4.28. The maximum absolute atomic E-state index is 4.36. The van der Waals surface area contributed by atoms with Gasteiger partial charge in [-0.1, -0.05) is 0 Å². The first kappa shape index (κ1) is 18.4. The Morgan fingerprint density at radius 2 is 2.20 bits per heavy atom. The predicted molar refractivity (Wildman–Crippen MR) is 100 cm³/mol. The maximum atomic E-state index is 4.36. The van der Waals surface area contributed by atoms with Gasteiger partial charge < -0.3 is 15.5 Å². The molecule has 118 valence electrons. The zero-order valence-electron chi connectivity index (χ0n) is 12.7. The molecular weight excluding hydrogens is 383 g/mol. The molecule has 0 aromatic heterocycles. The molecule has 4 nitrogen and oxygen atoms in total. The van der Waals surface area contributed by atoms with E-state index in [0.717, 1.165) is 18.4 Å². The minimum Gasteiger partial charge on any atom is -0.356 e. The molecule has 0 spiro atoms. The monoisotopic (exact) mass is 412 g/mol. The van der Waals surface area contributed by atoms with Crippen LogP contribution in [0.2, 0.25) is 0 Å². The lowest BCUT2D eigenvalue weighted by Gasteiger charge is -2.31. The number of rotatable bonds is 3. The van der Waals surface area contributed by atoms with Crippen molar-refractivity contribution in [1.29, 1.82) is 0 Å². The zero-order valence-corrected chi connectivity index (χ0v) is 15.9. The largest absolute Gasteiger partial charge is 0.356 e. The number of nitrogens with one attached hydrogen (secondary N) is 2. The fourth-order valence-corrected chi connectivity index (χ4v) is 4.00. The molecule has 2 atom stereocenters. The van der Waals surface area contributed by atoms with Crippen molar-refractivity contribution in [2.45, 2.75) is 31.7 Å². The number of piperidine rings is 1. The van der Waals surface area contributed by atoms with Crippen LogP contribution in [0.15, 0.2) is 4.99 Å². The third-order valence-electron chi connectivity index (χ3n) is 4.01.